The summed E-state index contributed by atoms with van der Waals surface area (Å²) in [5.74, 6) is -0.806. The molecule has 0 fully saturated rings. The molecule has 1 atom stereocenters. The zero-order chi connectivity index (χ0) is 14.6. The molecule has 112 valence electrons. The van der Waals surface area contributed by atoms with Crippen LogP contribution in [0.5, 0.6) is 0 Å². The van der Waals surface area contributed by atoms with Crippen LogP contribution in [-0.4, -0.2) is 17.6 Å². The molecule has 3 nitrogen and oxygen atoms in total. The molecule has 0 aromatic heterocycles. The lowest BCUT2D eigenvalue weighted by atomic mass is 10.1. The number of carboxylic acids is 1. The predicted molar refractivity (Wildman–Crippen MR) is 82.8 cm³/mol. The van der Waals surface area contributed by atoms with Crippen molar-refractivity contribution in [2.45, 2.75) is 57.9 Å². The second-order valence-corrected chi connectivity index (χ2v) is 5.26. The summed E-state index contributed by atoms with van der Waals surface area (Å²) >= 11 is 0. The zero-order valence-corrected chi connectivity index (χ0v) is 12.5. The largest absolute Gasteiger partial charge is 0.480 e. The van der Waals surface area contributed by atoms with Crippen LogP contribution in [0, 0.1) is 0 Å². The smallest absolute Gasteiger partial charge is 0.325 e. The topological polar surface area (TPSA) is 49.3 Å². The number of rotatable bonds is 11. The van der Waals surface area contributed by atoms with Crippen LogP contribution in [0.25, 0.3) is 0 Å². The van der Waals surface area contributed by atoms with Crippen LogP contribution in [-0.2, 0) is 4.79 Å². The van der Waals surface area contributed by atoms with Crippen molar-refractivity contribution >= 4 is 5.97 Å². The average Bonchev–Trinajstić information content (AvgIpc) is 2.46. The van der Waals surface area contributed by atoms with Gasteiger partial charge in [0.2, 0.25) is 0 Å². The maximum absolute atomic E-state index is 11.3. The summed E-state index contributed by atoms with van der Waals surface area (Å²) in [6, 6.07) is 8.78. The van der Waals surface area contributed by atoms with Crippen molar-refractivity contribution in [2.75, 3.05) is 6.54 Å². The Morgan fingerprint density at radius 2 is 1.65 bits per heavy atom. The molecule has 0 bridgehead atoms. The molecule has 0 aliphatic rings. The Morgan fingerprint density at radius 1 is 1.05 bits per heavy atom. The minimum absolute atomic E-state index is 0.587. The SMILES string of the molecule is CCCCCCCCCNC(C(=O)O)c1ccccc1. The normalized spacial score (nSPS) is 12.2. The number of carboxylic acid groups (broad SMARTS) is 1. The molecule has 2 N–H and O–H groups in total. The third-order valence-electron chi connectivity index (χ3n) is 3.51. The number of aliphatic carboxylic acids is 1. The van der Waals surface area contributed by atoms with E-state index in [-0.39, 0.29) is 0 Å². The van der Waals surface area contributed by atoms with Gasteiger partial charge in [-0.25, -0.2) is 0 Å². The van der Waals surface area contributed by atoms with Gasteiger partial charge in [-0.2, -0.15) is 0 Å². The van der Waals surface area contributed by atoms with Crippen LogP contribution in [0.3, 0.4) is 0 Å². The maximum Gasteiger partial charge on any atom is 0.325 e. The minimum atomic E-state index is -0.806. The van der Waals surface area contributed by atoms with Gasteiger partial charge in [0, 0.05) is 0 Å². The first-order valence-corrected chi connectivity index (χ1v) is 7.77. The Bertz CT molecular complexity index is 365. The summed E-state index contributed by atoms with van der Waals surface area (Å²) in [5.41, 5.74) is 0.822. The van der Waals surface area contributed by atoms with Gasteiger partial charge in [0.05, 0.1) is 0 Å². The molecule has 1 unspecified atom stereocenters. The number of unbranched alkanes of at least 4 members (excludes halogenated alkanes) is 6. The van der Waals surface area contributed by atoms with Crippen molar-refractivity contribution in [3.05, 3.63) is 35.9 Å². The van der Waals surface area contributed by atoms with Crippen molar-refractivity contribution in [1.82, 2.24) is 5.32 Å². The number of nitrogens with one attached hydrogen (secondary N) is 1. The predicted octanol–water partition coefficient (Wildman–Crippen LogP) is 4.15. The van der Waals surface area contributed by atoms with E-state index in [1.807, 2.05) is 30.3 Å². The monoisotopic (exact) mass is 277 g/mol. The Labute approximate surface area is 122 Å². The first-order valence-electron chi connectivity index (χ1n) is 7.77. The third-order valence-corrected chi connectivity index (χ3v) is 3.51. The number of carbonyl (C=O) groups is 1. The Balaban J connectivity index is 2.19. The van der Waals surface area contributed by atoms with Gasteiger partial charge in [0.15, 0.2) is 0 Å². The molecule has 1 aromatic carbocycles. The molecule has 1 rings (SSSR count). The van der Waals surface area contributed by atoms with Crippen molar-refractivity contribution in [2.24, 2.45) is 0 Å². The van der Waals surface area contributed by atoms with Gasteiger partial charge in [-0.15, -0.1) is 0 Å². The van der Waals surface area contributed by atoms with Crippen LogP contribution >= 0.6 is 0 Å². The second-order valence-electron chi connectivity index (χ2n) is 5.26. The van der Waals surface area contributed by atoms with Crippen LogP contribution < -0.4 is 5.32 Å². The highest BCUT2D eigenvalue weighted by Gasteiger charge is 2.17. The molecule has 3 heteroatoms. The Morgan fingerprint density at radius 3 is 2.25 bits per heavy atom. The van der Waals surface area contributed by atoms with E-state index in [4.69, 9.17) is 0 Å². The molecule has 0 radical (unpaired) electrons. The van der Waals surface area contributed by atoms with Crippen LogP contribution in [0.2, 0.25) is 0 Å². The minimum Gasteiger partial charge on any atom is -0.480 e. The standard InChI is InChI=1S/C17H27NO2/c1-2-3-4-5-6-7-11-14-18-16(17(19)20)15-12-9-8-10-13-15/h8-10,12-13,16,18H,2-7,11,14H2,1H3,(H,19,20). The summed E-state index contributed by atoms with van der Waals surface area (Å²) in [5, 5.41) is 12.4. The van der Waals surface area contributed by atoms with Crippen molar-refractivity contribution in [1.29, 1.82) is 0 Å². The number of benzene rings is 1. The lowest BCUT2D eigenvalue weighted by molar-refractivity contribution is -0.139. The van der Waals surface area contributed by atoms with Crippen molar-refractivity contribution in [3.63, 3.8) is 0 Å². The van der Waals surface area contributed by atoms with Crippen molar-refractivity contribution in [3.8, 4) is 0 Å². The summed E-state index contributed by atoms with van der Waals surface area (Å²) in [6.07, 6.45) is 8.71. The first-order chi connectivity index (χ1) is 9.75. The van der Waals surface area contributed by atoms with E-state index < -0.39 is 12.0 Å². The zero-order valence-electron chi connectivity index (χ0n) is 12.5. The number of hydrogen-bond acceptors (Lipinski definition) is 2. The molecule has 0 amide bonds. The van der Waals surface area contributed by atoms with Crippen molar-refractivity contribution < 1.29 is 9.90 Å². The molecule has 0 spiro atoms. The first kappa shape index (κ1) is 16.7. The van der Waals surface area contributed by atoms with E-state index >= 15 is 0 Å². The highest BCUT2D eigenvalue weighted by Crippen LogP contribution is 2.13. The fourth-order valence-electron chi connectivity index (χ4n) is 2.32. The molecule has 0 aliphatic heterocycles. The van der Waals surface area contributed by atoms with E-state index in [0.717, 1.165) is 18.5 Å². The van der Waals surface area contributed by atoms with Gasteiger partial charge in [0.1, 0.15) is 6.04 Å². The summed E-state index contributed by atoms with van der Waals surface area (Å²) < 4.78 is 0. The van der Waals surface area contributed by atoms with E-state index in [0.29, 0.717) is 0 Å². The Kier molecular flexibility index (Phi) is 8.72. The molecule has 0 saturated carbocycles. The summed E-state index contributed by atoms with van der Waals surface area (Å²) in [6.45, 7) is 2.99. The van der Waals surface area contributed by atoms with Crippen LogP contribution in [0.15, 0.2) is 30.3 Å². The fraction of sp³-hybridized carbons (Fsp3) is 0.588. The highest BCUT2D eigenvalue weighted by atomic mass is 16.4. The van der Waals surface area contributed by atoms with Gasteiger partial charge in [-0.05, 0) is 18.5 Å². The molecule has 1 aromatic rings. The lowest BCUT2D eigenvalue weighted by Gasteiger charge is -2.14. The fourth-order valence-corrected chi connectivity index (χ4v) is 2.32. The number of hydrogen-bond donors (Lipinski definition) is 2. The quantitative estimate of drug-likeness (QED) is 0.597. The highest BCUT2D eigenvalue weighted by molar-refractivity contribution is 5.75. The van der Waals surface area contributed by atoms with E-state index in [1.165, 1.54) is 38.5 Å². The van der Waals surface area contributed by atoms with Gasteiger partial charge >= 0.3 is 5.97 Å². The lowest BCUT2D eigenvalue weighted by Crippen LogP contribution is -2.29. The van der Waals surface area contributed by atoms with Gasteiger partial charge in [0.25, 0.3) is 0 Å². The summed E-state index contributed by atoms with van der Waals surface area (Å²) in [4.78, 5) is 11.3. The van der Waals surface area contributed by atoms with Crippen LogP contribution in [0.4, 0.5) is 0 Å². The van der Waals surface area contributed by atoms with Crippen LogP contribution in [0.1, 0.15) is 63.5 Å². The summed E-state index contributed by atoms with van der Waals surface area (Å²) in [7, 11) is 0. The van der Waals surface area contributed by atoms with E-state index in [2.05, 4.69) is 12.2 Å². The molecule has 0 saturated heterocycles. The van der Waals surface area contributed by atoms with Gasteiger partial charge in [-0.3, -0.25) is 4.79 Å². The molecular weight excluding hydrogens is 250 g/mol. The maximum atomic E-state index is 11.3. The molecule has 0 heterocycles. The van der Waals surface area contributed by atoms with Gasteiger partial charge in [-0.1, -0.05) is 75.8 Å². The third kappa shape index (κ3) is 6.71. The molecule has 0 aliphatic carbocycles. The average molecular weight is 277 g/mol. The van der Waals surface area contributed by atoms with E-state index in [9.17, 15) is 9.90 Å². The second kappa shape index (κ2) is 10.4. The Hall–Kier alpha value is -1.35. The van der Waals surface area contributed by atoms with E-state index in [1.54, 1.807) is 0 Å². The van der Waals surface area contributed by atoms with Gasteiger partial charge < -0.3 is 10.4 Å². The molecule has 20 heavy (non-hydrogen) atoms. The molecular formula is C17H27NO2.